The number of ether oxygens (including phenoxy) is 1. The standard InChI is InChI=1S/C15H21NO3/c1-3-14(15(17)18)19-11-6-7-12-10(9-11)5-8-13(12)16-4-2/h6-7,9,13-14,16H,3-5,8H2,1-2H3,(H,17,18). The van der Waals surface area contributed by atoms with Gasteiger partial charge in [0.1, 0.15) is 5.75 Å². The largest absolute Gasteiger partial charge is 0.479 e. The SMILES string of the molecule is CCNC1CCc2cc(OC(CC)C(=O)O)ccc21. The number of carboxylic acid groups (broad SMARTS) is 1. The molecule has 1 aliphatic carbocycles. The monoisotopic (exact) mass is 263 g/mol. The number of nitrogens with one attached hydrogen (secondary N) is 1. The third-order valence-corrected chi connectivity index (χ3v) is 3.57. The molecule has 0 heterocycles. The second-order valence-corrected chi connectivity index (χ2v) is 4.86. The summed E-state index contributed by atoms with van der Waals surface area (Å²) in [6, 6.07) is 6.34. The van der Waals surface area contributed by atoms with E-state index in [1.165, 1.54) is 11.1 Å². The number of benzene rings is 1. The van der Waals surface area contributed by atoms with Crippen LogP contribution in [0.25, 0.3) is 0 Å². The topological polar surface area (TPSA) is 58.6 Å². The van der Waals surface area contributed by atoms with Gasteiger partial charge >= 0.3 is 5.97 Å². The molecule has 0 fully saturated rings. The maximum Gasteiger partial charge on any atom is 0.344 e. The lowest BCUT2D eigenvalue weighted by molar-refractivity contribution is -0.145. The van der Waals surface area contributed by atoms with Gasteiger partial charge in [-0.1, -0.05) is 19.9 Å². The van der Waals surface area contributed by atoms with Gasteiger partial charge in [0.2, 0.25) is 0 Å². The van der Waals surface area contributed by atoms with Crippen LogP contribution in [0.2, 0.25) is 0 Å². The van der Waals surface area contributed by atoms with Crippen molar-refractivity contribution in [1.82, 2.24) is 5.32 Å². The first-order valence-corrected chi connectivity index (χ1v) is 6.91. The van der Waals surface area contributed by atoms with Crippen LogP contribution in [0, 0.1) is 0 Å². The molecule has 0 saturated carbocycles. The van der Waals surface area contributed by atoms with E-state index in [1.807, 2.05) is 19.1 Å². The van der Waals surface area contributed by atoms with Crippen molar-refractivity contribution in [2.24, 2.45) is 0 Å². The molecule has 0 amide bonds. The van der Waals surface area contributed by atoms with Crippen LogP contribution in [-0.4, -0.2) is 23.7 Å². The molecule has 2 N–H and O–H groups in total. The third kappa shape index (κ3) is 3.07. The summed E-state index contributed by atoms with van der Waals surface area (Å²) >= 11 is 0. The maximum absolute atomic E-state index is 11.0. The number of aryl methyl sites for hydroxylation is 1. The molecule has 19 heavy (non-hydrogen) atoms. The Morgan fingerprint density at radius 1 is 1.53 bits per heavy atom. The number of rotatable bonds is 6. The van der Waals surface area contributed by atoms with Crippen LogP contribution in [0.1, 0.15) is 43.9 Å². The molecule has 2 rings (SSSR count). The Hall–Kier alpha value is -1.55. The molecule has 0 aliphatic heterocycles. The fourth-order valence-corrected chi connectivity index (χ4v) is 2.60. The average molecular weight is 263 g/mol. The predicted molar refractivity (Wildman–Crippen MR) is 73.5 cm³/mol. The first-order chi connectivity index (χ1) is 9.15. The minimum Gasteiger partial charge on any atom is -0.479 e. The Labute approximate surface area is 113 Å². The Morgan fingerprint density at radius 3 is 2.95 bits per heavy atom. The van der Waals surface area contributed by atoms with Crippen molar-refractivity contribution in [2.75, 3.05) is 6.54 Å². The average Bonchev–Trinajstić information content (AvgIpc) is 2.79. The van der Waals surface area contributed by atoms with Crippen molar-refractivity contribution in [3.63, 3.8) is 0 Å². The number of fused-ring (bicyclic) bond motifs is 1. The molecular weight excluding hydrogens is 242 g/mol. The summed E-state index contributed by atoms with van der Waals surface area (Å²) in [5, 5.41) is 12.5. The predicted octanol–water partition coefficient (Wildman–Crippen LogP) is 2.53. The highest BCUT2D eigenvalue weighted by Crippen LogP contribution is 2.33. The molecule has 0 spiro atoms. The van der Waals surface area contributed by atoms with Gasteiger partial charge in [-0.15, -0.1) is 0 Å². The number of hydrogen-bond acceptors (Lipinski definition) is 3. The quantitative estimate of drug-likeness (QED) is 0.828. The Kier molecular flexibility index (Phi) is 4.43. The smallest absolute Gasteiger partial charge is 0.344 e. The van der Waals surface area contributed by atoms with E-state index in [9.17, 15) is 4.79 Å². The Morgan fingerprint density at radius 2 is 2.32 bits per heavy atom. The van der Waals surface area contributed by atoms with Crippen LogP contribution in [0.4, 0.5) is 0 Å². The van der Waals surface area contributed by atoms with Gasteiger partial charge in [-0.2, -0.15) is 0 Å². The molecule has 104 valence electrons. The van der Waals surface area contributed by atoms with Gasteiger partial charge in [-0.3, -0.25) is 0 Å². The Balaban J connectivity index is 2.12. The Bertz CT molecular complexity index is 459. The van der Waals surface area contributed by atoms with E-state index in [0.717, 1.165) is 19.4 Å². The van der Waals surface area contributed by atoms with E-state index in [0.29, 0.717) is 18.2 Å². The summed E-state index contributed by atoms with van der Waals surface area (Å²) in [5.74, 6) is -0.251. The lowest BCUT2D eigenvalue weighted by Gasteiger charge is -2.15. The summed E-state index contributed by atoms with van der Waals surface area (Å²) in [7, 11) is 0. The van der Waals surface area contributed by atoms with E-state index in [1.54, 1.807) is 0 Å². The minimum atomic E-state index is -0.909. The number of carboxylic acids is 1. The highest BCUT2D eigenvalue weighted by atomic mass is 16.5. The second kappa shape index (κ2) is 6.06. The van der Waals surface area contributed by atoms with E-state index in [-0.39, 0.29) is 0 Å². The number of hydrogen-bond donors (Lipinski definition) is 2. The van der Waals surface area contributed by atoms with E-state index >= 15 is 0 Å². The molecule has 0 saturated heterocycles. The molecule has 1 aromatic rings. The van der Waals surface area contributed by atoms with Crippen molar-refractivity contribution < 1.29 is 14.6 Å². The fraction of sp³-hybridized carbons (Fsp3) is 0.533. The van der Waals surface area contributed by atoms with E-state index in [4.69, 9.17) is 9.84 Å². The van der Waals surface area contributed by atoms with Gasteiger partial charge in [0, 0.05) is 6.04 Å². The fourth-order valence-electron chi connectivity index (χ4n) is 2.60. The first-order valence-electron chi connectivity index (χ1n) is 6.91. The molecule has 2 atom stereocenters. The van der Waals surface area contributed by atoms with Gasteiger partial charge in [-0.25, -0.2) is 4.79 Å². The van der Waals surface area contributed by atoms with Crippen LogP contribution in [0.5, 0.6) is 5.75 Å². The zero-order chi connectivity index (χ0) is 13.8. The van der Waals surface area contributed by atoms with Gasteiger partial charge in [-0.05, 0) is 49.1 Å². The van der Waals surface area contributed by atoms with E-state index in [2.05, 4.69) is 18.3 Å². The van der Waals surface area contributed by atoms with E-state index < -0.39 is 12.1 Å². The highest BCUT2D eigenvalue weighted by Gasteiger charge is 2.23. The summed E-state index contributed by atoms with van der Waals surface area (Å²) < 4.78 is 5.53. The molecule has 0 bridgehead atoms. The second-order valence-electron chi connectivity index (χ2n) is 4.86. The zero-order valence-electron chi connectivity index (χ0n) is 11.5. The van der Waals surface area contributed by atoms with Crippen LogP contribution in [0.3, 0.4) is 0 Å². The van der Waals surface area contributed by atoms with Gasteiger partial charge in [0.25, 0.3) is 0 Å². The molecule has 4 nitrogen and oxygen atoms in total. The summed E-state index contributed by atoms with van der Waals surface area (Å²) in [5.41, 5.74) is 2.58. The van der Waals surface area contributed by atoms with Gasteiger partial charge in [0.05, 0.1) is 0 Å². The maximum atomic E-state index is 11.0. The molecule has 0 radical (unpaired) electrons. The zero-order valence-corrected chi connectivity index (χ0v) is 11.5. The van der Waals surface area contributed by atoms with Crippen molar-refractivity contribution in [3.8, 4) is 5.75 Å². The molecule has 1 aromatic carbocycles. The molecule has 1 aliphatic rings. The summed E-state index contributed by atoms with van der Waals surface area (Å²) in [6.07, 6.45) is 1.83. The number of aliphatic carboxylic acids is 1. The van der Waals surface area contributed by atoms with Crippen LogP contribution < -0.4 is 10.1 Å². The molecular formula is C15H21NO3. The van der Waals surface area contributed by atoms with Crippen molar-refractivity contribution in [1.29, 1.82) is 0 Å². The first kappa shape index (κ1) is 13.9. The summed E-state index contributed by atoms with van der Waals surface area (Å²) in [4.78, 5) is 11.0. The van der Waals surface area contributed by atoms with Crippen molar-refractivity contribution in [2.45, 2.75) is 45.3 Å². The van der Waals surface area contributed by atoms with Gasteiger partial charge in [0.15, 0.2) is 6.10 Å². The number of carbonyl (C=O) groups is 1. The van der Waals surface area contributed by atoms with Crippen molar-refractivity contribution >= 4 is 5.97 Å². The van der Waals surface area contributed by atoms with Crippen molar-refractivity contribution in [3.05, 3.63) is 29.3 Å². The third-order valence-electron chi connectivity index (χ3n) is 3.57. The highest BCUT2D eigenvalue weighted by molar-refractivity contribution is 5.72. The lowest BCUT2D eigenvalue weighted by atomic mass is 10.1. The minimum absolute atomic E-state index is 0.426. The molecule has 2 unspecified atom stereocenters. The summed E-state index contributed by atoms with van der Waals surface area (Å²) in [6.45, 7) is 4.88. The van der Waals surface area contributed by atoms with Crippen LogP contribution in [0.15, 0.2) is 18.2 Å². The van der Waals surface area contributed by atoms with Crippen LogP contribution >= 0.6 is 0 Å². The molecule has 0 aromatic heterocycles. The lowest BCUT2D eigenvalue weighted by Crippen LogP contribution is -2.26. The molecule has 4 heteroatoms. The normalized spacial score (nSPS) is 18.9. The van der Waals surface area contributed by atoms with Crippen LogP contribution in [-0.2, 0) is 11.2 Å². The van der Waals surface area contributed by atoms with Gasteiger partial charge < -0.3 is 15.2 Å².